The van der Waals surface area contributed by atoms with E-state index >= 15 is 0 Å². The van der Waals surface area contributed by atoms with Gasteiger partial charge >= 0.3 is 0 Å². The third-order valence-electron chi connectivity index (χ3n) is 1.70. The van der Waals surface area contributed by atoms with Crippen LogP contribution in [0.15, 0.2) is 18.3 Å². The molecule has 0 saturated heterocycles. The number of hydrogen-bond acceptors (Lipinski definition) is 3. The van der Waals surface area contributed by atoms with E-state index in [1.54, 1.807) is 0 Å². The number of halogens is 3. The molecule has 2 N–H and O–H groups in total. The van der Waals surface area contributed by atoms with E-state index < -0.39 is 23.1 Å². The van der Waals surface area contributed by atoms with Gasteiger partial charge in [-0.3, -0.25) is 0 Å². The largest absolute Gasteiger partial charge is 0.381 e. The first-order chi connectivity index (χ1) is 7.08. The zero-order valence-corrected chi connectivity index (χ0v) is 7.28. The van der Waals surface area contributed by atoms with E-state index in [-0.39, 0.29) is 5.82 Å². The summed E-state index contributed by atoms with van der Waals surface area (Å²) >= 11 is 0. The average Bonchev–Trinajstić information content (AvgIpc) is 2.58. The van der Waals surface area contributed by atoms with Gasteiger partial charge in [0.05, 0.1) is 6.20 Å². The van der Waals surface area contributed by atoms with Crippen molar-refractivity contribution in [3.05, 3.63) is 35.8 Å². The summed E-state index contributed by atoms with van der Waals surface area (Å²) in [6.07, 6.45) is 1.14. The van der Waals surface area contributed by atoms with Crippen molar-refractivity contribution in [3.8, 4) is 5.69 Å². The SMILES string of the molecule is Nc1cnn(-c2cc(F)cc(F)c2F)n1. The maximum absolute atomic E-state index is 13.2. The first-order valence-corrected chi connectivity index (χ1v) is 3.90. The van der Waals surface area contributed by atoms with Gasteiger partial charge in [0.2, 0.25) is 0 Å². The summed E-state index contributed by atoms with van der Waals surface area (Å²) < 4.78 is 38.8. The van der Waals surface area contributed by atoms with Crippen LogP contribution in [0.25, 0.3) is 5.69 Å². The Morgan fingerprint density at radius 3 is 2.53 bits per heavy atom. The average molecular weight is 214 g/mol. The Bertz CT molecular complexity index is 509. The van der Waals surface area contributed by atoms with Gasteiger partial charge < -0.3 is 5.73 Å². The van der Waals surface area contributed by atoms with Gasteiger partial charge in [-0.05, 0) is 0 Å². The molecule has 0 fully saturated rings. The van der Waals surface area contributed by atoms with Gasteiger partial charge in [0, 0.05) is 12.1 Å². The molecule has 78 valence electrons. The molecule has 4 nitrogen and oxygen atoms in total. The zero-order chi connectivity index (χ0) is 11.0. The number of aromatic nitrogens is 3. The first-order valence-electron chi connectivity index (χ1n) is 3.90. The van der Waals surface area contributed by atoms with Crippen molar-refractivity contribution >= 4 is 5.82 Å². The fraction of sp³-hybridized carbons (Fsp3) is 0. The topological polar surface area (TPSA) is 56.7 Å². The second kappa shape index (κ2) is 3.26. The van der Waals surface area contributed by atoms with Crippen LogP contribution in [0.2, 0.25) is 0 Å². The van der Waals surface area contributed by atoms with Gasteiger partial charge in [-0.1, -0.05) is 0 Å². The van der Waals surface area contributed by atoms with Crippen LogP contribution in [0.5, 0.6) is 0 Å². The monoisotopic (exact) mass is 214 g/mol. The van der Waals surface area contributed by atoms with Crippen LogP contribution in [0, 0.1) is 17.5 Å². The van der Waals surface area contributed by atoms with Gasteiger partial charge in [-0.15, -0.1) is 9.90 Å². The Hall–Kier alpha value is -2.05. The van der Waals surface area contributed by atoms with Crippen LogP contribution in [0.1, 0.15) is 0 Å². The van der Waals surface area contributed by atoms with Crippen molar-refractivity contribution in [1.82, 2.24) is 15.0 Å². The minimum absolute atomic E-state index is 0.0269. The minimum Gasteiger partial charge on any atom is -0.381 e. The molecule has 1 aromatic carbocycles. The van der Waals surface area contributed by atoms with Gasteiger partial charge in [0.25, 0.3) is 0 Å². The second-order valence-corrected chi connectivity index (χ2v) is 2.78. The standard InChI is InChI=1S/C8H5F3N4/c9-4-1-5(10)8(11)6(2-4)15-13-3-7(12)14-15/h1-3H,(H2,12,14). The molecule has 7 heteroatoms. The number of hydrogen-bond donors (Lipinski definition) is 1. The Morgan fingerprint density at radius 1 is 1.20 bits per heavy atom. The molecule has 0 unspecified atom stereocenters. The van der Waals surface area contributed by atoms with E-state index in [9.17, 15) is 13.2 Å². The number of nitrogens with zero attached hydrogens (tertiary/aromatic N) is 3. The molecular formula is C8H5F3N4. The smallest absolute Gasteiger partial charge is 0.186 e. The van der Waals surface area contributed by atoms with Crippen molar-refractivity contribution in [1.29, 1.82) is 0 Å². The fourth-order valence-electron chi connectivity index (χ4n) is 1.08. The lowest BCUT2D eigenvalue weighted by Crippen LogP contribution is -2.05. The number of nitrogen functional groups attached to an aromatic ring is 1. The van der Waals surface area contributed by atoms with Crippen LogP contribution < -0.4 is 5.73 Å². The van der Waals surface area contributed by atoms with Crippen molar-refractivity contribution in [3.63, 3.8) is 0 Å². The summed E-state index contributed by atoms with van der Waals surface area (Å²) in [6, 6.07) is 1.21. The van der Waals surface area contributed by atoms with Crippen LogP contribution in [0.3, 0.4) is 0 Å². The van der Waals surface area contributed by atoms with Crippen LogP contribution >= 0.6 is 0 Å². The summed E-state index contributed by atoms with van der Waals surface area (Å²) in [6.45, 7) is 0. The predicted octanol–water partition coefficient (Wildman–Crippen LogP) is 1.27. The zero-order valence-electron chi connectivity index (χ0n) is 7.28. The predicted molar refractivity (Wildman–Crippen MR) is 45.6 cm³/mol. The number of anilines is 1. The third-order valence-corrected chi connectivity index (χ3v) is 1.70. The summed E-state index contributed by atoms with van der Waals surface area (Å²) in [7, 11) is 0. The molecular weight excluding hydrogens is 209 g/mol. The fourth-order valence-corrected chi connectivity index (χ4v) is 1.08. The summed E-state index contributed by atoms with van der Waals surface area (Å²) in [5.41, 5.74) is 4.81. The first kappa shape index (κ1) is 9.50. The molecule has 0 spiro atoms. The maximum Gasteiger partial charge on any atom is 0.186 e. The van der Waals surface area contributed by atoms with Gasteiger partial charge in [-0.2, -0.15) is 5.10 Å². The van der Waals surface area contributed by atoms with E-state index in [2.05, 4.69) is 10.2 Å². The van der Waals surface area contributed by atoms with Crippen LogP contribution in [-0.2, 0) is 0 Å². The van der Waals surface area contributed by atoms with Crippen molar-refractivity contribution in [2.24, 2.45) is 0 Å². The molecule has 0 bridgehead atoms. The highest BCUT2D eigenvalue weighted by Crippen LogP contribution is 2.17. The second-order valence-electron chi connectivity index (χ2n) is 2.78. The highest BCUT2D eigenvalue weighted by molar-refractivity contribution is 5.34. The molecule has 0 aliphatic carbocycles. The van der Waals surface area contributed by atoms with Crippen molar-refractivity contribution in [2.75, 3.05) is 5.73 Å². The Kier molecular flexibility index (Phi) is 2.07. The molecule has 0 atom stereocenters. The maximum atomic E-state index is 13.2. The molecule has 0 aliphatic heterocycles. The molecule has 15 heavy (non-hydrogen) atoms. The number of nitrogens with two attached hydrogens (primary N) is 1. The van der Waals surface area contributed by atoms with E-state index in [4.69, 9.17) is 5.73 Å². The molecule has 2 rings (SSSR count). The highest BCUT2D eigenvalue weighted by atomic mass is 19.2. The van der Waals surface area contributed by atoms with E-state index in [1.807, 2.05) is 0 Å². The lowest BCUT2D eigenvalue weighted by atomic mass is 10.3. The molecule has 1 aromatic heterocycles. The number of rotatable bonds is 1. The third kappa shape index (κ3) is 1.63. The Morgan fingerprint density at radius 2 is 1.93 bits per heavy atom. The molecule has 1 heterocycles. The van der Waals surface area contributed by atoms with Gasteiger partial charge in [0.1, 0.15) is 11.5 Å². The van der Waals surface area contributed by atoms with E-state index in [0.717, 1.165) is 17.1 Å². The lowest BCUT2D eigenvalue weighted by molar-refractivity contribution is 0.483. The quantitative estimate of drug-likeness (QED) is 0.727. The lowest BCUT2D eigenvalue weighted by Gasteiger charge is -2.02. The highest BCUT2D eigenvalue weighted by Gasteiger charge is 2.14. The Labute approximate surface area is 82.1 Å². The molecule has 0 amide bonds. The molecule has 0 radical (unpaired) electrons. The summed E-state index contributed by atoms with van der Waals surface area (Å²) in [5, 5.41) is 7.07. The van der Waals surface area contributed by atoms with E-state index in [1.165, 1.54) is 0 Å². The van der Waals surface area contributed by atoms with Crippen molar-refractivity contribution < 1.29 is 13.2 Å². The van der Waals surface area contributed by atoms with Gasteiger partial charge in [0.15, 0.2) is 17.5 Å². The van der Waals surface area contributed by atoms with E-state index in [0.29, 0.717) is 6.07 Å². The minimum atomic E-state index is -1.30. The molecule has 0 saturated carbocycles. The van der Waals surface area contributed by atoms with Crippen LogP contribution in [0.4, 0.5) is 19.0 Å². The summed E-state index contributed by atoms with van der Waals surface area (Å²) in [5.74, 6) is -3.42. The number of benzene rings is 1. The Balaban J connectivity index is 2.62. The molecule has 2 aromatic rings. The molecule has 0 aliphatic rings. The normalized spacial score (nSPS) is 10.6. The van der Waals surface area contributed by atoms with Gasteiger partial charge in [-0.25, -0.2) is 13.2 Å². The van der Waals surface area contributed by atoms with Crippen molar-refractivity contribution in [2.45, 2.75) is 0 Å². The summed E-state index contributed by atoms with van der Waals surface area (Å²) in [4.78, 5) is 0.719. The van der Waals surface area contributed by atoms with Crippen LogP contribution in [-0.4, -0.2) is 15.0 Å².